The van der Waals surface area contributed by atoms with E-state index < -0.39 is 0 Å². The lowest BCUT2D eigenvalue weighted by Gasteiger charge is -2.44. The van der Waals surface area contributed by atoms with Crippen LogP contribution in [-0.4, -0.2) is 36.6 Å². The van der Waals surface area contributed by atoms with Gasteiger partial charge in [0.1, 0.15) is 0 Å². The zero-order valence-electron chi connectivity index (χ0n) is 13.3. The fourth-order valence-electron chi connectivity index (χ4n) is 4.01. The van der Waals surface area contributed by atoms with Crippen molar-refractivity contribution in [3.05, 3.63) is 0 Å². The van der Waals surface area contributed by atoms with Crippen LogP contribution in [0.3, 0.4) is 0 Å². The summed E-state index contributed by atoms with van der Waals surface area (Å²) in [5.74, 6) is 1.82. The van der Waals surface area contributed by atoms with E-state index in [4.69, 9.17) is 0 Å². The SMILES string of the molecule is CCCC1CN(CC2CCCC2)C(C(C)CC)CN1. The molecule has 1 heterocycles. The normalized spacial score (nSPS) is 31.7. The van der Waals surface area contributed by atoms with Crippen LogP contribution in [0.1, 0.15) is 65.7 Å². The first-order valence-electron chi connectivity index (χ1n) is 8.72. The molecule has 0 spiro atoms. The maximum atomic E-state index is 3.80. The average molecular weight is 266 g/mol. The van der Waals surface area contributed by atoms with Gasteiger partial charge in [-0.15, -0.1) is 0 Å². The molecule has 112 valence electrons. The molecule has 0 aromatic rings. The lowest BCUT2D eigenvalue weighted by atomic mass is 9.92. The molecular weight excluding hydrogens is 232 g/mol. The largest absolute Gasteiger partial charge is 0.311 e. The molecule has 1 N–H and O–H groups in total. The van der Waals surface area contributed by atoms with Crippen LogP contribution in [0.2, 0.25) is 0 Å². The summed E-state index contributed by atoms with van der Waals surface area (Å²) in [6, 6.07) is 1.52. The molecule has 0 radical (unpaired) electrons. The fraction of sp³-hybridized carbons (Fsp3) is 1.00. The number of nitrogens with one attached hydrogen (secondary N) is 1. The van der Waals surface area contributed by atoms with Gasteiger partial charge in [0.05, 0.1) is 0 Å². The first-order valence-corrected chi connectivity index (χ1v) is 8.72. The van der Waals surface area contributed by atoms with Gasteiger partial charge < -0.3 is 5.32 Å². The molecule has 0 aromatic carbocycles. The number of nitrogens with zero attached hydrogens (tertiary/aromatic N) is 1. The summed E-state index contributed by atoms with van der Waals surface area (Å²) in [5.41, 5.74) is 0. The lowest BCUT2D eigenvalue weighted by Crippen LogP contribution is -2.59. The molecule has 3 atom stereocenters. The fourth-order valence-corrected chi connectivity index (χ4v) is 4.01. The first-order chi connectivity index (χ1) is 9.24. The molecular formula is C17H34N2. The van der Waals surface area contributed by atoms with E-state index in [0.717, 1.165) is 23.9 Å². The summed E-state index contributed by atoms with van der Waals surface area (Å²) < 4.78 is 0. The molecule has 2 heteroatoms. The van der Waals surface area contributed by atoms with E-state index in [1.54, 1.807) is 0 Å². The Morgan fingerprint density at radius 3 is 2.58 bits per heavy atom. The minimum Gasteiger partial charge on any atom is -0.311 e. The second-order valence-corrected chi connectivity index (χ2v) is 6.95. The van der Waals surface area contributed by atoms with Gasteiger partial charge in [0, 0.05) is 31.7 Å². The molecule has 19 heavy (non-hydrogen) atoms. The molecule has 2 nitrogen and oxygen atoms in total. The first kappa shape index (κ1) is 15.3. The van der Waals surface area contributed by atoms with Gasteiger partial charge in [-0.2, -0.15) is 0 Å². The van der Waals surface area contributed by atoms with Crippen LogP contribution in [0.5, 0.6) is 0 Å². The molecule has 2 fully saturated rings. The zero-order chi connectivity index (χ0) is 13.7. The Morgan fingerprint density at radius 1 is 1.21 bits per heavy atom. The highest BCUT2D eigenvalue weighted by atomic mass is 15.2. The smallest absolute Gasteiger partial charge is 0.0246 e. The van der Waals surface area contributed by atoms with Gasteiger partial charge in [-0.05, 0) is 31.1 Å². The number of hydrogen-bond donors (Lipinski definition) is 1. The molecule has 0 aromatic heterocycles. The maximum Gasteiger partial charge on any atom is 0.0246 e. The lowest BCUT2D eigenvalue weighted by molar-refractivity contribution is 0.0737. The molecule has 1 saturated heterocycles. The Morgan fingerprint density at radius 2 is 1.95 bits per heavy atom. The van der Waals surface area contributed by atoms with Gasteiger partial charge in [-0.1, -0.05) is 46.5 Å². The second kappa shape index (κ2) is 7.64. The van der Waals surface area contributed by atoms with Crippen LogP contribution in [0.25, 0.3) is 0 Å². The van der Waals surface area contributed by atoms with Gasteiger partial charge >= 0.3 is 0 Å². The van der Waals surface area contributed by atoms with E-state index >= 15 is 0 Å². The molecule has 2 aliphatic rings. The zero-order valence-corrected chi connectivity index (χ0v) is 13.3. The van der Waals surface area contributed by atoms with Crippen LogP contribution < -0.4 is 5.32 Å². The highest BCUT2D eigenvalue weighted by Gasteiger charge is 2.32. The third-order valence-corrected chi connectivity index (χ3v) is 5.44. The predicted octanol–water partition coefficient (Wildman–Crippen LogP) is 3.67. The van der Waals surface area contributed by atoms with E-state index in [1.165, 1.54) is 64.6 Å². The van der Waals surface area contributed by atoms with Crippen molar-refractivity contribution in [2.24, 2.45) is 11.8 Å². The molecule has 1 aliphatic carbocycles. The molecule has 1 saturated carbocycles. The Labute approximate surface area is 120 Å². The monoisotopic (exact) mass is 266 g/mol. The Balaban J connectivity index is 1.93. The number of piperazine rings is 1. The van der Waals surface area contributed by atoms with Crippen molar-refractivity contribution >= 4 is 0 Å². The van der Waals surface area contributed by atoms with Gasteiger partial charge in [0.2, 0.25) is 0 Å². The third kappa shape index (κ3) is 4.19. The van der Waals surface area contributed by atoms with E-state index in [0.29, 0.717) is 0 Å². The summed E-state index contributed by atoms with van der Waals surface area (Å²) in [4.78, 5) is 2.85. The Bertz CT molecular complexity index is 248. The van der Waals surface area contributed by atoms with Gasteiger partial charge in [-0.25, -0.2) is 0 Å². The van der Waals surface area contributed by atoms with Crippen molar-refractivity contribution in [2.45, 2.75) is 77.8 Å². The molecule has 2 rings (SSSR count). The van der Waals surface area contributed by atoms with Crippen molar-refractivity contribution in [3.8, 4) is 0 Å². The molecule has 3 unspecified atom stereocenters. The number of hydrogen-bond acceptors (Lipinski definition) is 2. The van der Waals surface area contributed by atoms with Crippen molar-refractivity contribution < 1.29 is 0 Å². The highest BCUT2D eigenvalue weighted by Crippen LogP contribution is 2.28. The minimum absolute atomic E-state index is 0.742. The summed E-state index contributed by atoms with van der Waals surface area (Å²) in [5, 5.41) is 3.80. The van der Waals surface area contributed by atoms with Crippen LogP contribution in [0, 0.1) is 11.8 Å². The third-order valence-electron chi connectivity index (χ3n) is 5.44. The van der Waals surface area contributed by atoms with Crippen molar-refractivity contribution in [2.75, 3.05) is 19.6 Å². The summed E-state index contributed by atoms with van der Waals surface area (Å²) >= 11 is 0. The minimum atomic E-state index is 0.742. The van der Waals surface area contributed by atoms with Gasteiger partial charge in [0.25, 0.3) is 0 Å². The Hall–Kier alpha value is -0.0800. The topological polar surface area (TPSA) is 15.3 Å². The van der Waals surface area contributed by atoms with Gasteiger partial charge in [-0.3, -0.25) is 4.90 Å². The van der Waals surface area contributed by atoms with Crippen LogP contribution in [-0.2, 0) is 0 Å². The molecule has 0 bridgehead atoms. The summed E-state index contributed by atoms with van der Waals surface area (Å²) in [7, 11) is 0. The van der Waals surface area contributed by atoms with E-state index in [-0.39, 0.29) is 0 Å². The highest BCUT2D eigenvalue weighted by molar-refractivity contribution is 4.89. The van der Waals surface area contributed by atoms with Crippen molar-refractivity contribution in [1.29, 1.82) is 0 Å². The van der Waals surface area contributed by atoms with Crippen LogP contribution in [0.15, 0.2) is 0 Å². The van der Waals surface area contributed by atoms with E-state index in [9.17, 15) is 0 Å². The standard InChI is InChI=1S/C17H34N2/c1-4-8-16-13-19(12-15-9-6-7-10-15)17(11-18-16)14(3)5-2/h14-18H,4-13H2,1-3H3. The van der Waals surface area contributed by atoms with Gasteiger partial charge in [0.15, 0.2) is 0 Å². The van der Waals surface area contributed by atoms with Crippen molar-refractivity contribution in [1.82, 2.24) is 10.2 Å². The second-order valence-electron chi connectivity index (χ2n) is 6.95. The summed E-state index contributed by atoms with van der Waals surface area (Å²) in [6.07, 6.45) is 9.88. The maximum absolute atomic E-state index is 3.80. The predicted molar refractivity (Wildman–Crippen MR) is 83.5 cm³/mol. The van der Waals surface area contributed by atoms with E-state index in [1.807, 2.05) is 0 Å². The Kier molecular flexibility index (Phi) is 6.15. The summed E-state index contributed by atoms with van der Waals surface area (Å²) in [6.45, 7) is 11.0. The molecule has 1 aliphatic heterocycles. The average Bonchev–Trinajstić information content (AvgIpc) is 2.91. The van der Waals surface area contributed by atoms with E-state index in [2.05, 4.69) is 31.0 Å². The van der Waals surface area contributed by atoms with Crippen LogP contribution in [0.4, 0.5) is 0 Å². The van der Waals surface area contributed by atoms with Crippen LogP contribution >= 0.6 is 0 Å². The van der Waals surface area contributed by atoms with Crippen molar-refractivity contribution in [3.63, 3.8) is 0 Å². The number of rotatable bonds is 6. The quantitative estimate of drug-likeness (QED) is 0.789. The molecule has 0 amide bonds.